The topological polar surface area (TPSA) is 26.3 Å². The number of thioether (sulfide) groups is 1. The molecule has 0 bridgehead atoms. The van der Waals surface area contributed by atoms with Crippen molar-refractivity contribution in [2.24, 2.45) is 0 Å². The molecule has 1 unspecified atom stereocenters. The first kappa shape index (κ1) is 4.97. The van der Waals surface area contributed by atoms with Crippen LogP contribution in [0.15, 0.2) is 0 Å². The molecule has 1 heterocycles. The zero-order valence-electron chi connectivity index (χ0n) is 4.01. The normalized spacial score (nSPS) is 30.4. The molecule has 1 saturated heterocycles. The largest absolute Gasteiger partial charge is 0.456 e. The van der Waals surface area contributed by atoms with E-state index in [2.05, 4.69) is 4.74 Å². The molecule has 1 aliphatic rings. The number of carbonyl (C=O) groups excluding carboxylic acids is 1. The number of carbonyl (C=O) groups is 1. The second-order valence-corrected chi connectivity index (χ2v) is 2.86. The third kappa shape index (κ3) is 1.09. The van der Waals surface area contributed by atoms with Crippen molar-refractivity contribution in [3.05, 3.63) is 0 Å². The van der Waals surface area contributed by atoms with E-state index in [-0.39, 0.29) is 5.30 Å². The Morgan fingerprint density at radius 2 is 2.71 bits per heavy atom. The first-order valence-corrected chi connectivity index (χ1v) is 3.00. The Hall–Kier alpha value is -0.180. The monoisotopic (exact) mass is 118 g/mol. The third-order valence-electron chi connectivity index (χ3n) is 0.733. The Morgan fingerprint density at radius 3 is 2.86 bits per heavy atom. The number of hydrogen-bond acceptors (Lipinski definition) is 3. The van der Waals surface area contributed by atoms with Crippen molar-refractivity contribution in [3.63, 3.8) is 0 Å². The van der Waals surface area contributed by atoms with Gasteiger partial charge in [-0.15, -0.1) is 0 Å². The van der Waals surface area contributed by atoms with E-state index in [0.29, 0.717) is 11.9 Å². The molecule has 0 saturated carbocycles. The SMILES string of the molecule is CC1COC(=O)S1. The average molecular weight is 118 g/mol. The van der Waals surface area contributed by atoms with Crippen LogP contribution in [0, 0.1) is 0 Å². The van der Waals surface area contributed by atoms with E-state index < -0.39 is 0 Å². The van der Waals surface area contributed by atoms with Crippen molar-refractivity contribution in [1.82, 2.24) is 0 Å². The molecule has 0 spiro atoms. The highest BCUT2D eigenvalue weighted by atomic mass is 32.2. The zero-order valence-corrected chi connectivity index (χ0v) is 4.83. The van der Waals surface area contributed by atoms with Crippen molar-refractivity contribution in [2.45, 2.75) is 12.2 Å². The molecule has 0 aromatic carbocycles. The van der Waals surface area contributed by atoms with Gasteiger partial charge in [-0.1, -0.05) is 0 Å². The summed E-state index contributed by atoms with van der Waals surface area (Å²) in [7, 11) is 0. The van der Waals surface area contributed by atoms with E-state index in [9.17, 15) is 4.79 Å². The molecule has 0 aromatic heterocycles. The molecule has 1 aliphatic heterocycles. The van der Waals surface area contributed by atoms with E-state index in [4.69, 9.17) is 0 Å². The van der Waals surface area contributed by atoms with Gasteiger partial charge in [0, 0.05) is 5.25 Å². The lowest BCUT2D eigenvalue weighted by molar-refractivity contribution is 0.184. The summed E-state index contributed by atoms with van der Waals surface area (Å²) in [6.45, 7) is 2.55. The van der Waals surface area contributed by atoms with Gasteiger partial charge in [0.05, 0.1) is 0 Å². The molecular formula is C4H6O2S. The van der Waals surface area contributed by atoms with Crippen LogP contribution in [0.5, 0.6) is 0 Å². The lowest BCUT2D eigenvalue weighted by Crippen LogP contribution is -1.93. The molecule has 1 atom stereocenters. The van der Waals surface area contributed by atoms with Gasteiger partial charge in [0.25, 0.3) is 0 Å². The number of cyclic esters (lactones) is 1. The van der Waals surface area contributed by atoms with Gasteiger partial charge >= 0.3 is 5.30 Å². The minimum absolute atomic E-state index is 0.132. The van der Waals surface area contributed by atoms with E-state index in [0.717, 1.165) is 0 Å². The van der Waals surface area contributed by atoms with E-state index in [1.165, 1.54) is 11.8 Å². The van der Waals surface area contributed by atoms with Crippen LogP contribution in [0.4, 0.5) is 4.79 Å². The van der Waals surface area contributed by atoms with Gasteiger partial charge in [-0.05, 0) is 18.7 Å². The first-order valence-electron chi connectivity index (χ1n) is 2.12. The van der Waals surface area contributed by atoms with E-state index in [1.54, 1.807) is 0 Å². The predicted molar refractivity (Wildman–Crippen MR) is 28.4 cm³/mol. The van der Waals surface area contributed by atoms with Crippen LogP contribution in [0.2, 0.25) is 0 Å². The summed E-state index contributed by atoms with van der Waals surface area (Å²) in [5.41, 5.74) is 0. The molecule has 1 fully saturated rings. The maximum Gasteiger partial charge on any atom is 0.367 e. The summed E-state index contributed by atoms with van der Waals surface area (Å²) in [6, 6.07) is 0. The quantitative estimate of drug-likeness (QED) is 0.448. The van der Waals surface area contributed by atoms with Crippen LogP contribution in [0.25, 0.3) is 0 Å². The summed E-state index contributed by atoms with van der Waals surface area (Å²) in [6.07, 6.45) is 0. The van der Waals surface area contributed by atoms with Crippen molar-refractivity contribution < 1.29 is 9.53 Å². The fraction of sp³-hybridized carbons (Fsp3) is 0.750. The number of ether oxygens (including phenoxy) is 1. The van der Waals surface area contributed by atoms with Crippen molar-refractivity contribution >= 4 is 17.1 Å². The van der Waals surface area contributed by atoms with Gasteiger partial charge in [0.1, 0.15) is 6.61 Å². The van der Waals surface area contributed by atoms with Crippen molar-refractivity contribution in [1.29, 1.82) is 0 Å². The van der Waals surface area contributed by atoms with Crippen molar-refractivity contribution in [2.75, 3.05) is 6.61 Å². The number of hydrogen-bond donors (Lipinski definition) is 0. The molecule has 0 amide bonds. The van der Waals surface area contributed by atoms with Gasteiger partial charge in [0.15, 0.2) is 0 Å². The predicted octanol–water partition coefficient (Wildman–Crippen LogP) is 1.26. The Morgan fingerprint density at radius 1 is 2.00 bits per heavy atom. The Balaban J connectivity index is 2.40. The first-order chi connectivity index (χ1) is 3.29. The highest BCUT2D eigenvalue weighted by Crippen LogP contribution is 2.20. The second kappa shape index (κ2) is 1.74. The Labute approximate surface area is 46.2 Å². The van der Waals surface area contributed by atoms with E-state index >= 15 is 0 Å². The average Bonchev–Trinajstić information content (AvgIpc) is 1.87. The van der Waals surface area contributed by atoms with Crippen LogP contribution in [-0.2, 0) is 4.74 Å². The van der Waals surface area contributed by atoms with Crippen LogP contribution in [-0.4, -0.2) is 17.2 Å². The van der Waals surface area contributed by atoms with Gasteiger partial charge in [-0.25, -0.2) is 4.79 Å². The molecule has 40 valence electrons. The minimum Gasteiger partial charge on any atom is -0.456 e. The van der Waals surface area contributed by atoms with Crippen LogP contribution in [0.3, 0.4) is 0 Å². The van der Waals surface area contributed by atoms with Gasteiger partial charge < -0.3 is 4.74 Å². The molecular weight excluding hydrogens is 112 g/mol. The second-order valence-electron chi connectivity index (χ2n) is 1.49. The summed E-state index contributed by atoms with van der Waals surface area (Å²) >= 11 is 1.26. The summed E-state index contributed by atoms with van der Waals surface area (Å²) in [5.74, 6) is 0. The van der Waals surface area contributed by atoms with Crippen molar-refractivity contribution in [3.8, 4) is 0 Å². The standard InChI is InChI=1S/C4H6O2S/c1-3-2-6-4(5)7-3/h3H,2H2,1H3. The van der Waals surface area contributed by atoms with Crippen LogP contribution in [0.1, 0.15) is 6.92 Å². The fourth-order valence-corrected chi connectivity index (χ4v) is 1.02. The zero-order chi connectivity index (χ0) is 5.28. The van der Waals surface area contributed by atoms with Crippen LogP contribution < -0.4 is 0 Å². The molecule has 7 heavy (non-hydrogen) atoms. The molecule has 0 aliphatic carbocycles. The summed E-state index contributed by atoms with van der Waals surface area (Å²) < 4.78 is 4.59. The maximum absolute atomic E-state index is 10.2. The Bertz CT molecular complexity index is 91.7. The number of rotatable bonds is 0. The lowest BCUT2D eigenvalue weighted by Gasteiger charge is -1.86. The fourth-order valence-electron chi connectivity index (χ4n) is 0.418. The summed E-state index contributed by atoms with van der Waals surface area (Å²) in [5, 5.41) is 0.236. The smallest absolute Gasteiger partial charge is 0.367 e. The minimum atomic E-state index is -0.132. The lowest BCUT2D eigenvalue weighted by atomic mass is 10.5. The molecule has 2 nitrogen and oxygen atoms in total. The Kier molecular flexibility index (Phi) is 1.23. The van der Waals surface area contributed by atoms with E-state index in [1.807, 2.05) is 6.92 Å². The maximum atomic E-state index is 10.2. The molecule has 3 heteroatoms. The molecule has 1 rings (SSSR count). The highest BCUT2D eigenvalue weighted by Gasteiger charge is 2.19. The third-order valence-corrected chi connectivity index (χ3v) is 1.58. The van der Waals surface area contributed by atoms with Gasteiger partial charge in [0.2, 0.25) is 0 Å². The van der Waals surface area contributed by atoms with Gasteiger partial charge in [-0.3, -0.25) is 0 Å². The molecule has 0 radical (unpaired) electrons. The van der Waals surface area contributed by atoms with Crippen LogP contribution >= 0.6 is 11.8 Å². The van der Waals surface area contributed by atoms with Gasteiger partial charge in [-0.2, -0.15) is 0 Å². The summed E-state index contributed by atoms with van der Waals surface area (Å²) in [4.78, 5) is 10.2. The highest BCUT2D eigenvalue weighted by molar-refractivity contribution is 8.14. The molecule has 0 N–H and O–H groups in total. The molecule has 0 aromatic rings.